The van der Waals surface area contributed by atoms with Crippen LogP contribution in [-0.2, 0) is 4.74 Å². The number of aryl methyl sites for hydroxylation is 1. The highest BCUT2D eigenvalue weighted by Gasteiger charge is 2.18. The first-order valence-electron chi connectivity index (χ1n) is 14.9. The second kappa shape index (κ2) is 11.0. The first-order chi connectivity index (χ1) is 20.6. The van der Waals surface area contributed by atoms with Crippen LogP contribution < -0.4 is 0 Å². The number of hydrogen-bond acceptors (Lipinski definition) is 2. The van der Waals surface area contributed by atoms with E-state index in [-0.39, 0.29) is 6.10 Å². The molecule has 0 aliphatic heterocycles. The number of benzene rings is 6. The topological polar surface area (TPSA) is 22.4 Å². The second-order valence-electron chi connectivity index (χ2n) is 11.1. The van der Waals surface area contributed by atoms with Crippen LogP contribution in [0.3, 0.4) is 0 Å². The lowest BCUT2D eigenvalue weighted by Crippen LogP contribution is -2.05. The molecule has 2 nitrogen and oxygen atoms in total. The smallest absolute Gasteiger partial charge is 0.135 e. The van der Waals surface area contributed by atoms with Gasteiger partial charge in [0.2, 0.25) is 0 Å². The Balaban J connectivity index is 1.43. The van der Waals surface area contributed by atoms with Gasteiger partial charge >= 0.3 is 0 Å². The summed E-state index contributed by atoms with van der Waals surface area (Å²) >= 11 is 0. The lowest BCUT2D eigenvalue weighted by Gasteiger charge is -2.17. The van der Waals surface area contributed by atoms with Crippen LogP contribution in [0.25, 0.3) is 71.8 Å². The highest BCUT2D eigenvalue weighted by molar-refractivity contribution is 6.22. The highest BCUT2D eigenvalue weighted by Crippen LogP contribution is 2.44. The molecule has 1 aromatic heterocycles. The van der Waals surface area contributed by atoms with E-state index >= 15 is 0 Å². The molecule has 1 heterocycles. The molecule has 0 bridgehead atoms. The molecule has 0 amide bonds. The van der Waals surface area contributed by atoms with Crippen LogP contribution in [0.4, 0.5) is 0 Å². The normalized spacial score (nSPS) is 12.7. The number of rotatable bonds is 7. The third kappa shape index (κ3) is 4.58. The third-order valence-corrected chi connectivity index (χ3v) is 8.36. The first-order valence-corrected chi connectivity index (χ1v) is 14.9. The lowest BCUT2D eigenvalue weighted by molar-refractivity contribution is 0.0788. The van der Waals surface area contributed by atoms with Gasteiger partial charge in [-0.15, -0.1) is 0 Å². The van der Waals surface area contributed by atoms with Crippen LogP contribution in [0.2, 0.25) is 0 Å². The summed E-state index contributed by atoms with van der Waals surface area (Å²) in [7, 11) is 0. The molecule has 0 fully saturated rings. The lowest BCUT2D eigenvalue weighted by atomic mass is 9.86. The van der Waals surface area contributed by atoms with Crippen molar-refractivity contribution >= 4 is 49.6 Å². The Morgan fingerprint density at radius 3 is 1.88 bits per heavy atom. The highest BCUT2D eigenvalue weighted by atomic mass is 16.5. The Morgan fingerprint density at radius 2 is 1.24 bits per heavy atom. The van der Waals surface area contributed by atoms with E-state index in [1.54, 1.807) is 0 Å². The SMILES string of the molecule is CCOC(C)C/C=C\c1cc2c(cc1C)oc1ccc(-c3c4ccccc4c(-c4ccccc4)c4ccccc34)cc12. The molecule has 2 heteroatoms. The minimum absolute atomic E-state index is 0.213. The maximum atomic E-state index is 6.36. The van der Waals surface area contributed by atoms with Gasteiger partial charge in [0, 0.05) is 17.4 Å². The largest absolute Gasteiger partial charge is 0.456 e. The predicted octanol–water partition coefficient (Wildman–Crippen LogP) is 11.4. The molecule has 0 spiro atoms. The molecule has 0 saturated carbocycles. The van der Waals surface area contributed by atoms with Crippen LogP contribution in [0.15, 0.2) is 120 Å². The van der Waals surface area contributed by atoms with E-state index in [4.69, 9.17) is 9.15 Å². The fourth-order valence-corrected chi connectivity index (χ4v) is 6.37. The third-order valence-electron chi connectivity index (χ3n) is 8.36. The van der Waals surface area contributed by atoms with Crippen LogP contribution >= 0.6 is 0 Å². The molecule has 7 aromatic rings. The summed E-state index contributed by atoms with van der Waals surface area (Å²) in [4.78, 5) is 0. The summed E-state index contributed by atoms with van der Waals surface area (Å²) in [5.74, 6) is 0. The van der Waals surface area contributed by atoms with Gasteiger partial charge in [-0.3, -0.25) is 0 Å². The summed E-state index contributed by atoms with van der Waals surface area (Å²) in [6.45, 7) is 7.05. The van der Waals surface area contributed by atoms with Crippen molar-refractivity contribution in [3.8, 4) is 22.3 Å². The van der Waals surface area contributed by atoms with Crippen molar-refractivity contribution in [1.82, 2.24) is 0 Å². The van der Waals surface area contributed by atoms with E-state index in [1.807, 2.05) is 6.92 Å². The summed E-state index contributed by atoms with van der Waals surface area (Å²) in [6.07, 6.45) is 5.54. The van der Waals surface area contributed by atoms with Gasteiger partial charge in [0.25, 0.3) is 0 Å². The van der Waals surface area contributed by atoms with Crippen molar-refractivity contribution in [2.24, 2.45) is 0 Å². The number of furan rings is 1. The zero-order chi connectivity index (χ0) is 28.6. The second-order valence-corrected chi connectivity index (χ2v) is 11.1. The molecule has 206 valence electrons. The zero-order valence-corrected chi connectivity index (χ0v) is 24.4. The minimum Gasteiger partial charge on any atom is -0.456 e. The molecule has 6 aromatic carbocycles. The van der Waals surface area contributed by atoms with Crippen molar-refractivity contribution in [1.29, 1.82) is 0 Å². The van der Waals surface area contributed by atoms with Crippen molar-refractivity contribution in [3.05, 3.63) is 126 Å². The van der Waals surface area contributed by atoms with Gasteiger partial charge in [-0.05, 0) is 106 Å². The monoisotopic (exact) mass is 546 g/mol. The van der Waals surface area contributed by atoms with Crippen molar-refractivity contribution < 1.29 is 9.15 Å². The summed E-state index contributed by atoms with van der Waals surface area (Å²) in [6, 6.07) is 39.5. The van der Waals surface area contributed by atoms with E-state index in [2.05, 4.69) is 135 Å². The van der Waals surface area contributed by atoms with Gasteiger partial charge in [-0.1, -0.05) is 97.1 Å². The van der Waals surface area contributed by atoms with Crippen molar-refractivity contribution in [3.63, 3.8) is 0 Å². The Kier molecular flexibility index (Phi) is 6.85. The first kappa shape index (κ1) is 26.3. The van der Waals surface area contributed by atoms with Crippen molar-refractivity contribution in [2.75, 3.05) is 6.61 Å². The summed E-state index contributed by atoms with van der Waals surface area (Å²) in [5, 5.41) is 7.32. The summed E-state index contributed by atoms with van der Waals surface area (Å²) in [5.41, 5.74) is 9.22. The molecule has 0 radical (unpaired) electrons. The van der Waals surface area contributed by atoms with Crippen molar-refractivity contribution in [2.45, 2.75) is 33.3 Å². The van der Waals surface area contributed by atoms with Gasteiger partial charge in [-0.2, -0.15) is 0 Å². The average Bonchev–Trinajstić information content (AvgIpc) is 3.36. The van der Waals surface area contributed by atoms with Gasteiger partial charge in [0.15, 0.2) is 0 Å². The predicted molar refractivity (Wildman–Crippen MR) is 179 cm³/mol. The Morgan fingerprint density at radius 1 is 0.643 bits per heavy atom. The van der Waals surface area contributed by atoms with Crippen LogP contribution in [-0.4, -0.2) is 12.7 Å². The molecule has 0 aliphatic carbocycles. The number of ether oxygens (including phenoxy) is 1. The summed E-state index contributed by atoms with van der Waals surface area (Å²) < 4.78 is 12.1. The zero-order valence-electron chi connectivity index (χ0n) is 24.4. The number of fused-ring (bicyclic) bond motifs is 5. The molecule has 7 rings (SSSR count). The molecule has 0 aliphatic rings. The average molecular weight is 547 g/mol. The van der Waals surface area contributed by atoms with Crippen LogP contribution in [0.5, 0.6) is 0 Å². The molecule has 0 N–H and O–H groups in total. The van der Waals surface area contributed by atoms with Gasteiger partial charge < -0.3 is 9.15 Å². The quantitative estimate of drug-likeness (QED) is 0.186. The molecule has 1 unspecified atom stereocenters. The fourth-order valence-electron chi connectivity index (χ4n) is 6.37. The standard InChI is InChI=1S/C40H34O2/c1-4-41-27(3)13-12-16-29-24-36-35-25-30(21-22-37(35)42-38(36)23-26(29)2)40-33-19-10-8-17-31(33)39(28-14-6-5-7-15-28)32-18-9-11-20-34(32)40/h5-12,14-25,27H,4,13H2,1-3H3/b16-12-. The molecular formula is C40H34O2. The van der Waals surface area contributed by atoms with Gasteiger partial charge in [0.1, 0.15) is 11.2 Å². The Hall–Kier alpha value is -4.66. The number of hydrogen-bond donors (Lipinski definition) is 0. The Bertz CT molecular complexity index is 2040. The van der Waals surface area contributed by atoms with Gasteiger partial charge in [-0.25, -0.2) is 0 Å². The van der Waals surface area contributed by atoms with E-state index in [1.165, 1.54) is 54.9 Å². The molecular weight excluding hydrogens is 512 g/mol. The molecule has 1 atom stereocenters. The minimum atomic E-state index is 0.213. The van der Waals surface area contributed by atoms with Crippen LogP contribution in [0, 0.1) is 6.92 Å². The maximum Gasteiger partial charge on any atom is 0.135 e. The van der Waals surface area contributed by atoms with E-state index in [0.717, 1.165) is 35.0 Å². The Labute approximate surface area is 246 Å². The van der Waals surface area contributed by atoms with E-state index in [0.29, 0.717) is 0 Å². The van der Waals surface area contributed by atoms with Gasteiger partial charge in [0.05, 0.1) is 6.10 Å². The fraction of sp³-hybridized carbons (Fsp3) is 0.150. The van der Waals surface area contributed by atoms with E-state index in [9.17, 15) is 0 Å². The molecule has 0 saturated heterocycles. The van der Waals surface area contributed by atoms with Crippen LogP contribution in [0.1, 0.15) is 31.4 Å². The van der Waals surface area contributed by atoms with E-state index < -0.39 is 0 Å². The molecule has 42 heavy (non-hydrogen) atoms. The maximum absolute atomic E-state index is 6.36.